The van der Waals surface area contributed by atoms with E-state index in [1.54, 1.807) is 0 Å². The molecule has 6 nitrogen and oxygen atoms in total. The zero-order valence-corrected chi connectivity index (χ0v) is 15.1. The Kier molecular flexibility index (Phi) is 6.44. The Balaban J connectivity index is 2.32. The Morgan fingerprint density at radius 1 is 1.24 bits per heavy atom. The minimum Gasteiger partial charge on any atom is -0.490 e. The van der Waals surface area contributed by atoms with Gasteiger partial charge < -0.3 is 20.1 Å². The lowest BCUT2D eigenvalue weighted by atomic mass is 9.86. The van der Waals surface area contributed by atoms with E-state index < -0.39 is 12.0 Å². The third-order valence-electron chi connectivity index (χ3n) is 4.09. The average Bonchev–Trinajstić information content (AvgIpc) is 2.55. The number of benzene rings is 1. The Morgan fingerprint density at radius 3 is 2.64 bits per heavy atom. The van der Waals surface area contributed by atoms with E-state index in [0.29, 0.717) is 30.4 Å². The standard InChI is InChI=1S/C19H26N2O4/c1-5-7-10-25-15-9-8-14(11-16(15)24-6-2)18-17(13(4)22)12(3)20-19(23)21-18/h8-9,11,17-18H,3,5-7,10H2,1-2,4H3,(H2,20,21,23)/t17-,18-/m1/s1. The first kappa shape index (κ1) is 18.8. The van der Waals surface area contributed by atoms with E-state index in [0.717, 1.165) is 18.4 Å². The molecule has 1 fully saturated rings. The molecule has 2 amide bonds. The summed E-state index contributed by atoms with van der Waals surface area (Å²) in [6.07, 6.45) is 2.01. The van der Waals surface area contributed by atoms with Crippen LogP contribution in [-0.2, 0) is 4.79 Å². The van der Waals surface area contributed by atoms with Crippen LogP contribution in [0.15, 0.2) is 30.5 Å². The Morgan fingerprint density at radius 2 is 2.00 bits per heavy atom. The third kappa shape index (κ3) is 4.53. The molecule has 136 valence electrons. The third-order valence-corrected chi connectivity index (χ3v) is 4.09. The van der Waals surface area contributed by atoms with E-state index in [2.05, 4.69) is 24.1 Å². The van der Waals surface area contributed by atoms with Gasteiger partial charge in [0.2, 0.25) is 0 Å². The summed E-state index contributed by atoms with van der Waals surface area (Å²) >= 11 is 0. The van der Waals surface area contributed by atoms with Crippen molar-refractivity contribution in [2.24, 2.45) is 5.92 Å². The highest BCUT2D eigenvalue weighted by atomic mass is 16.5. The fourth-order valence-electron chi connectivity index (χ4n) is 2.87. The van der Waals surface area contributed by atoms with Crippen LogP contribution < -0.4 is 20.1 Å². The van der Waals surface area contributed by atoms with Gasteiger partial charge in [-0.05, 0) is 38.0 Å². The zero-order chi connectivity index (χ0) is 18.4. The first-order valence-electron chi connectivity index (χ1n) is 8.64. The van der Waals surface area contributed by atoms with E-state index in [4.69, 9.17) is 9.47 Å². The van der Waals surface area contributed by atoms with Crippen molar-refractivity contribution >= 4 is 11.8 Å². The highest BCUT2D eigenvalue weighted by Gasteiger charge is 2.36. The van der Waals surface area contributed by atoms with Crippen LogP contribution in [0.4, 0.5) is 4.79 Å². The second-order valence-corrected chi connectivity index (χ2v) is 6.03. The Bertz CT molecular complexity index is 657. The molecule has 0 aromatic heterocycles. The summed E-state index contributed by atoms with van der Waals surface area (Å²) in [7, 11) is 0. The van der Waals surface area contributed by atoms with E-state index in [1.165, 1.54) is 6.92 Å². The van der Waals surface area contributed by atoms with Gasteiger partial charge in [-0.3, -0.25) is 4.79 Å². The molecule has 0 bridgehead atoms. The molecule has 6 heteroatoms. The monoisotopic (exact) mass is 346 g/mol. The van der Waals surface area contributed by atoms with Crippen LogP contribution in [0.5, 0.6) is 11.5 Å². The highest BCUT2D eigenvalue weighted by Crippen LogP contribution is 2.36. The van der Waals surface area contributed by atoms with Crippen LogP contribution in [0, 0.1) is 5.92 Å². The van der Waals surface area contributed by atoms with Crippen molar-refractivity contribution < 1.29 is 19.1 Å². The topological polar surface area (TPSA) is 76.7 Å². The van der Waals surface area contributed by atoms with Crippen LogP contribution in [0.3, 0.4) is 0 Å². The molecular formula is C19H26N2O4. The SMILES string of the molecule is C=C1NC(=O)N[C@H](c2ccc(OCCCC)c(OCC)c2)[C@H]1C(C)=O. The van der Waals surface area contributed by atoms with Crippen molar-refractivity contribution in [3.05, 3.63) is 36.0 Å². The lowest BCUT2D eigenvalue weighted by molar-refractivity contribution is -0.120. The van der Waals surface area contributed by atoms with Crippen molar-refractivity contribution in [1.29, 1.82) is 0 Å². The quantitative estimate of drug-likeness (QED) is 0.708. The fourth-order valence-corrected chi connectivity index (χ4v) is 2.87. The molecule has 2 atom stereocenters. The minimum absolute atomic E-state index is 0.0660. The summed E-state index contributed by atoms with van der Waals surface area (Å²) in [6, 6.07) is 4.65. The molecule has 2 rings (SSSR count). The summed E-state index contributed by atoms with van der Waals surface area (Å²) in [5.74, 6) is 0.678. The first-order chi connectivity index (χ1) is 12.0. The molecule has 0 aliphatic carbocycles. The van der Waals surface area contributed by atoms with E-state index in [9.17, 15) is 9.59 Å². The summed E-state index contributed by atoms with van der Waals surface area (Å²) in [6.45, 7) is 10.4. The number of Topliss-reactive ketones (excluding diaryl/α,β-unsaturated/α-hetero) is 1. The zero-order valence-electron chi connectivity index (χ0n) is 15.1. The number of ether oxygens (including phenoxy) is 2. The summed E-state index contributed by atoms with van der Waals surface area (Å²) in [5, 5.41) is 5.38. The maximum atomic E-state index is 12.0. The number of amides is 2. The van der Waals surface area contributed by atoms with E-state index in [-0.39, 0.29) is 11.8 Å². The molecule has 0 saturated carbocycles. The largest absolute Gasteiger partial charge is 0.490 e. The number of ketones is 1. The van der Waals surface area contributed by atoms with Gasteiger partial charge in [-0.2, -0.15) is 0 Å². The molecule has 1 aliphatic rings. The highest BCUT2D eigenvalue weighted by molar-refractivity contribution is 5.88. The van der Waals surface area contributed by atoms with Crippen molar-refractivity contribution in [3.8, 4) is 11.5 Å². The molecule has 0 radical (unpaired) electrons. The van der Waals surface area contributed by atoms with Crippen LogP contribution in [0.2, 0.25) is 0 Å². The molecule has 1 saturated heterocycles. The molecule has 1 aliphatic heterocycles. The number of rotatable bonds is 8. The minimum atomic E-state index is -0.529. The summed E-state index contributed by atoms with van der Waals surface area (Å²) < 4.78 is 11.5. The van der Waals surface area contributed by atoms with Gasteiger partial charge >= 0.3 is 6.03 Å². The molecule has 1 aromatic carbocycles. The summed E-state index contributed by atoms with van der Waals surface area (Å²) in [4.78, 5) is 23.9. The Hall–Kier alpha value is -2.50. The van der Waals surface area contributed by atoms with E-state index >= 15 is 0 Å². The van der Waals surface area contributed by atoms with Crippen LogP contribution in [0.25, 0.3) is 0 Å². The molecule has 0 unspecified atom stereocenters. The van der Waals surface area contributed by atoms with Gasteiger partial charge in [0.05, 0.1) is 25.2 Å². The maximum absolute atomic E-state index is 12.0. The fraction of sp³-hybridized carbons (Fsp3) is 0.474. The molecule has 0 spiro atoms. The molecule has 1 aromatic rings. The second kappa shape index (κ2) is 8.55. The lowest BCUT2D eigenvalue weighted by Gasteiger charge is -2.33. The van der Waals surface area contributed by atoms with Crippen molar-refractivity contribution in [2.45, 2.75) is 39.7 Å². The number of hydrogen-bond acceptors (Lipinski definition) is 4. The predicted molar refractivity (Wildman–Crippen MR) is 95.7 cm³/mol. The number of unbranched alkanes of at least 4 members (excludes halogenated alkanes) is 1. The number of nitrogens with one attached hydrogen (secondary N) is 2. The van der Waals surface area contributed by atoms with Crippen LogP contribution in [-0.4, -0.2) is 25.0 Å². The number of carbonyl (C=O) groups excluding carboxylic acids is 2. The molecular weight excluding hydrogens is 320 g/mol. The van der Waals surface area contributed by atoms with Crippen molar-refractivity contribution in [2.75, 3.05) is 13.2 Å². The van der Waals surface area contributed by atoms with Gasteiger partial charge in [0, 0.05) is 5.70 Å². The predicted octanol–water partition coefficient (Wildman–Crippen LogP) is 3.34. The molecule has 2 N–H and O–H groups in total. The average molecular weight is 346 g/mol. The van der Waals surface area contributed by atoms with Gasteiger partial charge in [-0.1, -0.05) is 26.0 Å². The van der Waals surface area contributed by atoms with Gasteiger partial charge in [-0.15, -0.1) is 0 Å². The number of urea groups is 1. The van der Waals surface area contributed by atoms with Gasteiger partial charge in [0.15, 0.2) is 11.5 Å². The second-order valence-electron chi connectivity index (χ2n) is 6.03. The van der Waals surface area contributed by atoms with Gasteiger partial charge in [0.25, 0.3) is 0 Å². The lowest BCUT2D eigenvalue weighted by Crippen LogP contribution is -2.50. The van der Waals surface area contributed by atoms with Gasteiger partial charge in [-0.25, -0.2) is 4.79 Å². The number of hydrogen-bond donors (Lipinski definition) is 2. The molecule has 25 heavy (non-hydrogen) atoms. The smallest absolute Gasteiger partial charge is 0.319 e. The van der Waals surface area contributed by atoms with Crippen molar-refractivity contribution in [3.63, 3.8) is 0 Å². The maximum Gasteiger partial charge on any atom is 0.319 e. The van der Waals surface area contributed by atoms with Crippen LogP contribution in [0.1, 0.15) is 45.2 Å². The van der Waals surface area contributed by atoms with E-state index in [1.807, 2.05) is 25.1 Å². The molecule has 1 heterocycles. The normalized spacial score (nSPS) is 19.8. The number of carbonyl (C=O) groups is 2. The Labute approximate surface area is 148 Å². The first-order valence-corrected chi connectivity index (χ1v) is 8.64. The van der Waals surface area contributed by atoms with Crippen LogP contribution >= 0.6 is 0 Å². The summed E-state index contributed by atoms with van der Waals surface area (Å²) in [5.41, 5.74) is 1.19. The van der Waals surface area contributed by atoms with Gasteiger partial charge in [0.1, 0.15) is 5.78 Å². The van der Waals surface area contributed by atoms with Crippen molar-refractivity contribution in [1.82, 2.24) is 10.6 Å².